The van der Waals surface area contributed by atoms with Crippen molar-refractivity contribution in [3.05, 3.63) is 51.7 Å². The molecule has 4 rings (SSSR count). The Balaban J connectivity index is 1.42. The summed E-state index contributed by atoms with van der Waals surface area (Å²) >= 11 is 1.71. The van der Waals surface area contributed by atoms with Crippen LogP contribution in [0.1, 0.15) is 49.0 Å². The lowest BCUT2D eigenvalue weighted by atomic mass is 9.95. The van der Waals surface area contributed by atoms with E-state index in [0.717, 1.165) is 60.5 Å². The number of amides is 1. The summed E-state index contributed by atoms with van der Waals surface area (Å²) in [6.45, 7) is 7.72. The third-order valence-electron chi connectivity index (χ3n) is 5.87. The summed E-state index contributed by atoms with van der Waals surface area (Å²) in [6, 6.07) is 6.15. The first-order valence-electron chi connectivity index (χ1n) is 10.5. The number of piperidine rings is 1. The van der Waals surface area contributed by atoms with Gasteiger partial charge in [0.1, 0.15) is 17.5 Å². The molecule has 1 aromatic carbocycles. The molecule has 0 spiro atoms. The number of rotatable bonds is 5. The fraction of sp³-hybridized carbons (Fsp3) is 0.435. The summed E-state index contributed by atoms with van der Waals surface area (Å²) in [6.07, 6.45) is 2.38. The molecule has 1 aliphatic rings. The Morgan fingerprint density at radius 1 is 1.27 bits per heavy atom. The normalized spacial score (nSPS) is 16.1. The van der Waals surface area contributed by atoms with E-state index in [-0.39, 0.29) is 23.7 Å². The van der Waals surface area contributed by atoms with E-state index in [4.69, 9.17) is 4.98 Å². The Hall–Kier alpha value is -2.54. The van der Waals surface area contributed by atoms with Crippen LogP contribution in [-0.2, 0) is 11.2 Å². The van der Waals surface area contributed by atoms with Gasteiger partial charge in [0.15, 0.2) is 0 Å². The number of aromatic nitrogens is 2. The fourth-order valence-corrected chi connectivity index (χ4v) is 4.82. The average molecular weight is 427 g/mol. The molecule has 2 aromatic heterocycles. The van der Waals surface area contributed by atoms with Crippen LogP contribution < -0.4 is 10.2 Å². The number of anilines is 1. The highest BCUT2D eigenvalue weighted by atomic mass is 32.1. The van der Waals surface area contributed by atoms with Crippen LogP contribution in [0.3, 0.4) is 0 Å². The van der Waals surface area contributed by atoms with Crippen molar-refractivity contribution >= 4 is 34.0 Å². The molecular weight excluding hydrogens is 399 g/mol. The summed E-state index contributed by atoms with van der Waals surface area (Å²) in [7, 11) is 0. The monoisotopic (exact) mass is 426 g/mol. The van der Waals surface area contributed by atoms with E-state index < -0.39 is 0 Å². The molecule has 3 heterocycles. The van der Waals surface area contributed by atoms with Crippen LogP contribution >= 0.6 is 11.3 Å². The third-order valence-corrected chi connectivity index (χ3v) is 6.77. The second-order valence-electron chi connectivity index (χ2n) is 7.91. The number of fused-ring (bicyclic) bond motifs is 1. The Labute approximate surface area is 180 Å². The zero-order valence-corrected chi connectivity index (χ0v) is 18.4. The highest BCUT2D eigenvalue weighted by Gasteiger charge is 2.28. The average Bonchev–Trinajstić information content (AvgIpc) is 3.14. The molecule has 5 nitrogen and oxygen atoms in total. The molecule has 0 aliphatic carbocycles. The highest BCUT2D eigenvalue weighted by molar-refractivity contribution is 7.11. The second-order valence-corrected chi connectivity index (χ2v) is 9.00. The molecule has 1 amide bonds. The number of hydrogen-bond donors (Lipinski definition) is 1. The van der Waals surface area contributed by atoms with Gasteiger partial charge in [-0.25, -0.2) is 14.4 Å². The van der Waals surface area contributed by atoms with Gasteiger partial charge in [0.05, 0.1) is 16.9 Å². The summed E-state index contributed by atoms with van der Waals surface area (Å²) < 4.78 is 13.1. The van der Waals surface area contributed by atoms with Crippen molar-refractivity contribution in [3.63, 3.8) is 0 Å². The number of benzene rings is 1. The molecule has 1 saturated heterocycles. The van der Waals surface area contributed by atoms with Gasteiger partial charge in [-0.1, -0.05) is 19.1 Å². The van der Waals surface area contributed by atoms with Crippen LogP contribution in [0.2, 0.25) is 0 Å². The van der Waals surface area contributed by atoms with E-state index in [1.807, 2.05) is 6.92 Å². The molecule has 1 fully saturated rings. The molecule has 1 aliphatic heterocycles. The van der Waals surface area contributed by atoms with Crippen LogP contribution in [-0.4, -0.2) is 29.0 Å². The van der Waals surface area contributed by atoms with E-state index >= 15 is 0 Å². The summed E-state index contributed by atoms with van der Waals surface area (Å²) in [4.78, 5) is 25.8. The van der Waals surface area contributed by atoms with E-state index in [1.54, 1.807) is 23.5 Å². The molecule has 1 N–H and O–H groups in total. The maximum Gasteiger partial charge on any atom is 0.223 e. The molecule has 158 valence electrons. The van der Waals surface area contributed by atoms with Gasteiger partial charge in [-0.15, -0.1) is 11.3 Å². The highest BCUT2D eigenvalue weighted by Crippen LogP contribution is 2.33. The lowest BCUT2D eigenvalue weighted by molar-refractivity contribution is -0.126. The van der Waals surface area contributed by atoms with Crippen molar-refractivity contribution in [1.29, 1.82) is 0 Å². The fourth-order valence-electron chi connectivity index (χ4n) is 4.05. The Morgan fingerprint density at radius 3 is 2.63 bits per heavy atom. The van der Waals surface area contributed by atoms with Gasteiger partial charge >= 0.3 is 0 Å². The predicted octanol–water partition coefficient (Wildman–Crippen LogP) is 4.80. The van der Waals surface area contributed by atoms with Crippen molar-refractivity contribution in [2.45, 2.75) is 46.1 Å². The number of nitrogens with one attached hydrogen (secondary N) is 1. The molecule has 7 heteroatoms. The first-order chi connectivity index (χ1) is 14.5. The molecule has 1 atom stereocenters. The molecular formula is C23H27FN4OS. The lowest BCUT2D eigenvalue weighted by Gasteiger charge is -2.33. The van der Waals surface area contributed by atoms with Crippen molar-refractivity contribution in [1.82, 2.24) is 15.3 Å². The van der Waals surface area contributed by atoms with Gasteiger partial charge in [0.25, 0.3) is 0 Å². The lowest BCUT2D eigenvalue weighted by Crippen LogP contribution is -2.41. The summed E-state index contributed by atoms with van der Waals surface area (Å²) in [5.74, 6) is 1.66. The number of carbonyl (C=O) groups excluding carboxylic acids is 1. The van der Waals surface area contributed by atoms with Gasteiger partial charge in [-0.2, -0.15) is 0 Å². The Morgan fingerprint density at radius 2 is 1.97 bits per heavy atom. The Bertz CT molecular complexity index is 1040. The van der Waals surface area contributed by atoms with Crippen molar-refractivity contribution in [2.75, 3.05) is 18.0 Å². The van der Waals surface area contributed by atoms with E-state index in [2.05, 4.69) is 34.4 Å². The van der Waals surface area contributed by atoms with Gasteiger partial charge < -0.3 is 10.2 Å². The molecule has 0 saturated carbocycles. The minimum Gasteiger partial charge on any atom is -0.356 e. The Kier molecular flexibility index (Phi) is 5.99. The van der Waals surface area contributed by atoms with Gasteiger partial charge in [0, 0.05) is 35.7 Å². The maximum atomic E-state index is 13.1. The minimum absolute atomic E-state index is 0.0179. The zero-order valence-electron chi connectivity index (χ0n) is 17.6. The number of hydrogen-bond acceptors (Lipinski definition) is 5. The van der Waals surface area contributed by atoms with Gasteiger partial charge in [0.2, 0.25) is 5.91 Å². The number of thiophene rings is 1. The first-order valence-corrected chi connectivity index (χ1v) is 11.4. The van der Waals surface area contributed by atoms with Crippen molar-refractivity contribution in [2.24, 2.45) is 5.92 Å². The van der Waals surface area contributed by atoms with Crippen molar-refractivity contribution in [3.8, 4) is 0 Å². The molecule has 0 radical (unpaired) electrons. The molecule has 0 bridgehead atoms. The number of halogens is 1. The van der Waals surface area contributed by atoms with Gasteiger partial charge in [-0.05, 0) is 44.4 Å². The van der Waals surface area contributed by atoms with Crippen LogP contribution in [0.4, 0.5) is 10.2 Å². The number of nitrogens with zero attached hydrogens (tertiary/aromatic N) is 3. The topological polar surface area (TPSA) is 58.1 Å². The molecule has 0 unspecified atom stereocenters. The van der Waals surface area contributed by atoms with Crippen molar-refractivity contribution < 1.29 is 9.18 Å². The van der Waals surface area contributed by atoms with E-state index in [0.29, 0.717) is 0 Å². The van der Waals surface area contributed by atoms with Crippen LogP contribution in [0.25, 0.3) is 10.9 Å². The molecule has 30 heavy (non-hydrogen) atoms. The molecule has 3 aromatic rings. The van der Waals surface area contributed by atoms with Crippen LogP contribution in [0.5, 0.6) is 0 Å². The van der Waals surface area contributed by atoms with Gasteiger partial charge in [-0.3, -0.25) is 4.79 Å². The summed E-state index contributed by atoms with van der Waals surface area (Å²) in [5.41, 5.74) is 1.93. The third kappa shape index (κ3) is 4.17. The predicted molar refractivity (Wildman–Crippen MR) is 119 cm³/mol. The number of aryl methyl sites for hydroxylation is 2. The minimum atomic E-state index is -0.268. The maximum absolute atomic E-state index is 13.1. The largest absolute Gasteiger partial charge is 0.356 e. The van der Waals surface area contributed by atoms with Crippen LogP contribution in [0, 0.1) is 18.7 Å². The van der Waals surface area contributed by atoms with E-state index in [1.165, 1.54) is 17.0 Å². The zero-order chi connectivity index (χ0) is 21.3. The standard InChI is InChI=1S/C23H27FN4OS/c1-4-20-26-19-13-30-15(3)21(19)22(27-20)28-11-9-17(10-12-28)23(29)25-14(2)16-5-7-18(24)8-6-16/h5-8,13-14,17H,4,9-12H2,1-3H3,(H,25,29)/t14-/m0/s1. The summed E-state index contributed by atoms with van der Waals surface area (Å²) in [5, 5.41) is 6.34. The smallest absolute Gasteiger partial charge is 0.223 e. The SMILES string of the molecule is CCc1nc(N2CCC(C(=O)N[C@@H](C)c3ccc(F)cc3)CC2)c2c(C)scc2n1. The number of carbonyl (C=O) groups is 1. The van der Waals surface area contributed by atoms with Crippen LogP contribution in [0.15, 0.2) is 29.6 Å². The quantitative estimate of drug-likeness (QED) is 0.637. The second kappa shape index (κ2) is 8.68. The van der Waals surface area contributed by atoms with E-state index in [9.17, 15) is 9.18 Å². The first kappa shape index (κ1) is 20.7.